The van der Waals surface area contributed by atoms with Crippen LogP contribution >= 0.6 is 15.9 Å². The highest BCUT2D eigenvalue weighted by Gasteiger charge is 2.23. The molecule has 0 aliphatic heterocycles. The van der Waals surface area contributed by atoms with E-state index in [0.29, 0.717) is 12.2 Å². The van der Waals surface area contributed by atoms with Crippen molar-refractivity contribution in [3.8, 4) is 17.0 Å². The predicted octanol–water partition coefficient (Wildman–Crippen LogP) is 6.57. The van der Waals surface area contributed by atoms with Crippen molar-refractivity contribution in [2.24, 2.45) is 0 Å². The van der Waals surface area contributed by atoms with Crippen LogP contribution in [-0.2, 0) is 11.3 Å². The number of benzene rings is 2. The third kappa shape index (κ3) is 4.94. The minimum Gasteiger partial charge on any atom is -0.508 e. The molecule has 0 fully saturated rings. The molecule has 2 aromatic heterocycles. The summed E-state index contributed by atoms with van der Waals surface area (Å²) in [5.41, 5.74) is 3.36. The lowest BCUT2D eigenvalue weighted by Crippen LogP contribution is -2.27. The highest BCUT2D eigenvalue weighted by Crippen LogP contribution is 2.32. The summed E-state index contributed by atoms with van der Waals surface area (Å²) >= 11 is 3.50. The van der Waals surface area contributed by atoms with Gasteiger partial charge in [0.1, 0.15) is 11.4 Å². The zero-order valence-electron chi connectivity index (χ0n) is 18.1. The molecule has 0 aliphatic rings. The lowest BCUT2D eigenvalue weighted by atomic mass is 10.1. The Balaban J connectivity index is 1.71. The third-order valence-electron chi connectivity index (χ3n) is 4.78. The summed E-state index contributed by atoms with van der Waals surface area (Å²) in [6.45, 7) is 6.07. The van der Waals surface area contributed by atoms with Gasteiger partial charge in [-0.05, 0) is 68.8 Å². The van der Waals surface area contributed by atoms with Gasteiger partial charge in [-0.1, -0.05) is 28.1 Å². The van der Waals surface area contributed by atoms with E-state index in [9.17, 15) is 9.90 Å². The Hall–Kier alpha value is -3.32. The summed E-state index contributed by atoms with van der Waals surface area (Å²) in [4.78, 5) is 17.5. The molecule has 2 aromatic carbocycles. The van der Waals surface area contributed by atoms with E-state index in [1.54, 1.807) is 35.2 Å². The van der Waals surface area contributed by atoms with Crippen LogP contribution in [0.4, 0.5) is 10.5 Å². The fourth-order valence-corrected chi connectivity index (χ4v) is 3.83. The Kier molecular flexibility index (Phi) is 5.93. The van der Waals surface area contributed by atoms with Gasteiger partial charge in [-0.2, -0.15) is 0 Å². The molecule has 2 heterocycles. The average Bonchev–Trinajstić information content (AvgIpc) is 3.10. The number of anilines is 1. The maximum absolute atomic E-state index is 13.1. The molecule has 0 bridgehead atoms. The molecular weight excluding hydrogens is 470 g/mol. The van der Waals surface area contributed by atoms with Gasteiger partial charge in [0.25, 0.3) is 0 Å². The first-order chi connectivity index (χ1) is 15.2. The maximum atomic E-state index is 13.1. The van der Waals surface area contributed by atoms with Crippen LogP contribution in [0.3, 0.4) is 0 Å². The fourth-order valence-electron chi connectivity index (χ4n) is 3.45. The molecule has 0 unspecified atom stereocenters. The normalized spacial score (nSPS) is 11.5. The monoisotopic (exact) mass is 493 g/mol. The largest absolute Gasteiger partial charge is 0.508 e. The maximum Gasteiger partial charge on any atom is 0.419 e. The Labute approximate surface area is 195 Å². The van der Waals surface area contributed by atoms with Crippen LogP contribution in [0.5, 0.6) is 5.75 Å². The average molecular weight is 494 g/mol. The summed E-state index contributed by atoms with van der Waals surface area (Å²) in [6.07, 6.45) is 3.01. The van der Waals surface area contributed by atoms with Crippen LogP contribution in [0, 0.1) is 0 Å². The van der Waals surface area contributed by atoms with E-state index in [0.717, 1.165) is 32.2 Å². The molecule has 4 rings (SSSR count). The van der Waals surface area contributed by atoms with Crippen molar-refractivity contribution in [2.45, 2.75) is 32.9 Å². The number of pyridine rings is 1. The van der Waals surface area contributed by atoms with E-state index in [1.807, 2.05) is 57.2 Å². The van der Waals surface area contributed by atoms with Gasteiger partial charge in [0.15, 0.2) is 0 Å². The molecular formula is C25H24BrN3O3. The number of hydrogen-bond donors (Lipinski definition) is 2. The van der Waals surface area contributed by atoms with Gasteiger partial charge in [0.05, 0.1) is 16.9 Å². The SMILES string of the molecule is CC(C)(C)OC(=O)n1c(-c2cncc(NCc3cccc(O)c3)c2)cc2cc(Br)ccc21. The van der Waals surface area contributed by atoms with Gasteiger partial charge in [-0.25, -0.2) is 9.36 Å². The highest BCUT2D eigenvalue weighted by atomic mass is 79.9. The van der Waals surface area contributed by atoms with E-state index in [4.69, 9.17) is 4.74 Å². The van der Waals surface area contributed by atoms with Gasteiger partial charge in [-0.15, -0.1) is 0 Å². The second-order valence-corrected chi connectivity index (χ2v) is 9.45. The van der Waals surface area contributed by atoms with Crippen molar-refractivity contribution in [3.63, 3.8) is 0 Å². The summed E-state index contributed by atoms with van der Waals surface area (Å²) in [6, 6.07) is 16.8. The Morgan fingerprint density at radius 1 is 1.12 bits per heavy atom. The molecule has 0 aliphatic carbocycles. The smallest absolute Gasteiger partial charge is 0.419 e. The zero-order valence-corrected chi connectivity index (χ0v) is 19.7. The number of phenols is 1. The summed E-state index contributed by atoms with van der Waals surface area (Å²) < 4.78 is 8.20. The van der Waals surface area contributed by atoms with Crippen molar-refractivity contribution in [3.05, 3.63) is 77.0 Å². The zero-order chi connectivity index (χ0) is 22.9. The lowest BCUT2D eigenvalue weighted by Gasteiger charge is -2.21. The second-order valence-electron chi connectivity index (χ2n) is 8.53. The van der Waals surface area contributed by atoms with Crippen LogP contribution in [-0.4, -0.2) is 26.4 Å². The molecule has 0 saturated heterocycles. The van der Waals surface area contributed by atoms with Gasteiger partial charge in [0, 0.05) is 34.4 Å². The highest BCUT2D eigenvalue weighted by molar-refractivity contribution is 9.10. The summed E-state index contributed by atoms with van der Waals surface area (Å²) in [7, 11) is 0. The van der Waals surface area contributed by atoms with Crippen LogP contribution < -0.4 is 5.32 Å². The first kappa shape index (κ1) is 21.9. The first-order valence-electron chi connectivity index (χ1n) is 10.2. The number of phenolic OH excluding ortho intramolecular Hbond substituents is 1. The van der Waals surface area contributed by atoms with Crippen molar-refractivity contribution in [2.75, 3.05) is 5.32 Å². The molecule has 4 aromatic rings. The minimum atomic E-state index is -0.622. The Morgan fingerprint density at radius 2 is 1.94 bits per heavy atom. The number of halogens is 1. The van der Waals surface area contributed by atoms with Crippen molar-refractivity contribution in [1.82, 2.24) is 9.55 Å². The van der Waals surface area contributed by atoms with E-state index in [2.05, 4.69) is 26.2 Å². The van der Waals surface area contributed by atoms with E-state index in [1.165, 1.54) is 0 Å². The van der Waals surface area contributed by atoms with Crippen molar-refractivity contribution >= 4 is 38.6 Å². The first-order valence-corrected chi connectivity index (χ1v) is 11.0. The molecule has 164 valence electrons. The van der Waals surface area contributed by atoms with Crippen LogP contribution in [0.25, 0.3) is 22.2 Å². The number of nitrogens with one attached hydrogen (secondary N) is 1. The number of ether oxygens (including phenoxy) is 1. The molecule has 2 N–H and O–H groups in total. The number of nitrogens with zero attached hydrogens (tertiary/aromatic N) is 2. The molecule has 6 nitrogen and oxygen atoms in total. The van der Waals surface area contributed by atoms with E-state index < -0.39 is 11.7 Å². The third-order valence-corrected chi connectivity index (χ3v) is 5.27. The van der Waals surface area contributed by atoms with Crippen LogP contribution in [0.15, 0.2) is 71.5 Å². The number of rotatable bonds is 4. The topological polar surface area (TPSA) is 76.4 Å². The molecule has 0 radical (unpaired) electrons. The van der Waals surface area contributed by atoms with E-state index >= 15 is 0 Å². The quantitative estimate of drug-likeness (QED) is 0.336. The van der Waals surface area contributed by atoms with E-state index in [-0.39, 0.29) is 5.75 Å². The summed E-state index contributed by atoms with van der Waals surface area (Å²) in [5.74, 6) is 0.226. The predicted molar refractivity (Wildman–Crippen MR) is 130 cm³/mol. The Morgan fingerprint density at radius 3 is 2.69 bits per heavy atom. The standard InChI is InChI=1S/C25H24BrN3O3/c1-25(2,3)32-24(31)29-22-8-7-19(26)10-17(22)12-23(29)18-11-20(15-27-14-18)28-13-16-5-4-6-21(30)9-16/h4-12,14-15,28,30H,13H2,1-3H3. The number of hydrogen-bond acceptors (Lipinski definition) is 5. The Bertz CT molecular complexity index is 1290. The number of carbonyl (C=O) groups excluding carboxylic acids is 1. The molecule has 0 amide bonds. The molecule has 0 atom stereocenters. The minimum absolute atomic E-state index is 0.226. The summed E-state index contributed by atoms with van der Waals surface area (Å²) in [5, 5.41) is 13.9. The van der Waals surface area contributed by atoms with Crippen molar-refractivity contribution < 1.29 is 14.6 Å². The second kappa shape index (κ2) is 8.67. The van der Waals surface area contributed by atoms with Crippen LogP contribution in [0.2, 0.25) is 0 Å². The molecule has 32 heavy (non-hydrogen) atoms. The molecule has 0 saturated carbocycles. The van der Waals surface area contributed by atoms with Gasteiger partial charge in [0.2, 0.25) is 0 Å². The molecule has 0 spiro atoms. The van der Waals surface area contributed by atoms with Gasteiger partial charge < -0.3 is 15.2 Å². The van der Waals surface area contributed by atoms with Crippen LogP contribution in [0.1, 0.15) is 26.3 Å². The fraction of sp³-hybridized carbons (Fsp3) is 0.200. The number of aromatic hydroxyl groups is 1. The lowest BCUT2D eigenvalue weighted by molar-refractivity contribution is 0.0547. The number of fused-ring (bicyclic) bond motifs is 1. The van der Waals surface area contributed by atoms with Gasteiger partial charge >= 0.3 is 6.09 Å². The van der Waals surface area contributed by atoms with Crippen molar-refractivity contribution in [1.29, 1.82) is 0 Å². The number of aromatic nitrogens is 2. The molecule has 7 heteroatoms. The number of carbonyl (C=O) groups is 1. The van der Waals surface area contributed by atoms with Gasteiger partial charge in [-0.3, -0.25) is 4.98 Å².